The zero-order valence-electron chi connectivity index (χ0n) is 13.9. The maximum Gasteiger partial charge on any atom is 0.338 e. The van der Waals surface area contributed by atoms with Gasteiger partial charge in [-0.2, -0.15) is 4.31 Å². The molecular formula is C15H18ClN3O6S. The molecule has 0 bridgehead atoms. The molecule has 11 heteroatoms. The smallest absolute Gasteiger partial charge is 0.338 e. The number of primary amides is 1. The van der Waals surface area contributed by atoms with Gasteiger partial charge >= 0.3 is 12.0 Å². The molecule has 2 rings (SSSR count). The quantitative estimate of drug-likeness (QED) is 0.700. The number of imide groups is 1. The summed E-state index contributed by atoms with van der Waals surface area (Å²) >= 11 is 6.00. The molecule has 0 saturated carbocycles. The number of amides is 3. The van der Waals surface area contributed by atoms with E-state index < -0.39 is 34.0 Å². The van der Waals surface area contributed by atoms with E-state index in [0.29, 0.717) is 13.1 Å². The molecule has 9 nitrogen and oxygen atoms in total. The van der Waals surface area contributed by atoms with Crippen molar-refractivity contribution in [1.29, 1.82) is 0 Å². The lowest BCUT2D eigenvalue weighted by Crippen LogP contribution is -2.42. The number of hydrogen-bond donors (Lipinski definition) is 2. The maximum absolute atomic E-state index is 12.7. The van der Waals surface area contributed by atoms with Crippen LogP contribution in [0.3, 0.4) is 0 Å². The number of nitrogens with two attached hydrogens (primary N) is 1. The number of carbonyl (C=O) groups excluding carboxylic acids is 3. The second-order valence-electron chi connectivity index (χ2n) is 5.66. The van der Waals surface area contributed by atoms with E-state index in [4.69, 9.17) is 22.1 Å². The molecule has 26 heavy (non-hydrogen) atoms. The Hall–Kier alpha value is -2.17. The number of sulfonamides is 1. The van der Waals surface area contributed by atoms with Gasteiger partial charge in [-0.1, -0.05) is 11.6 Å². The highest BCUT2D eigenvalue weighted by atomic mass is 35.5. The van der Waals surface area contributed by atoms with Crippen LogP contribution in [0.5, 0.6) is 0 Å². The third-order valence-corrected chi connectivity index (χ3v) is 6.13. The van der Waals surface area contributed by atoms with E-state index in [-0.39, 0.29) is 15.5 Å². The standard InChI is InChI=1S/C15H18ClN3O6S/c1-9(13(20)18-15(17)22)25-14(21)10-4-5-11(16)12(8-10)26(23,24)19-6-2-3-7-19/h4-5,8-9H,2-3,6-7H2,1H3,(H3,17,18,20,22). The zero-order chi connectivity index (χ0) is 19.5. The van der Waals surface area contributed by atoms with Crippen LogP contribution < -0.4 is 11.1 Å². The van der Waals surface area contributed by atoms with Crippen LogP contribution >= 0.6 is 11.6 Å². The van der Waals surface area contributed by atoms with Gasteiger partial charge < -0.3 is 10.5 Å². The van der Waals surface area contributed by atoms with Gasteiger partial charge in [0, 0.05) is 13.1 Å². The van der Waals surface area contributed by atoms with Crippen LogP contribution in [0.2, 0.25) is 5.02 Å². The Kier molecular flexibility index (Phi) is 6.21. The van der Waals surface area contributed by atoms with Crippen molar-refractivity contribution in [3.63, 3.8) is 0 Å². The number of carbonyl (C=O) groups is 3. The number of nitrogens with one attached hydrogen (secondary N) is 1. The van der Waals surface area contributed by atoms with Crippen molar-refractivity contribution in [2.45, 2.75) is 30.8 Å². The van der Waals surface area contributed by atoms with E-state index >= 15 is 0 Å². The number of urea groups is 1. The summed E-state index contributed by atoms with van der Waals surface area (Å²) in [7, 11) is -3.83. The molecule has 1 aliphatic heterocycles. The number of ether oxygens (including phenoxy) is 1. The number of hydrogen-bond acceptors (Lipinski definition) is 6. The van der Waals surface area contributed by atoms with Crippen molar-refractivity contribution in [2.75, 3.05) is 13.1 Å². The largest absolute Gasteiger partial charge is 0.449 e. The number of halogens is 1. The van der Waals surface area contributed by atoms with Crippen molar-refractivity contribution in [2.24, 2.45) is 5.73 Å². The second kappa shape index (κ2) is 8.02. The predicted molar refractivity (Wildman–Crippen MR) is 92.0 cm³/mol. The molecule has 1 heterocycles. The van der Waals surface area contributed by atoms with Crippen LogP contribution in [0.25, 0.3) is 0 Å². The minimum Gasteiger partial charge on any atom is -0.449 e. The van der Waals surface area contributed by atoms with Gasteiger partial charge in [0.1, 0.15) is 4.90 Å². The highest BCUT2D eigenvalue weighted by Crippen LogP contribution is 2.28. The maximum atomic E-state index is 12.7. The van der Waals surface area contributed by atoms with Crippen molar-refractivity contribution >= 4 is 39.5 Å². The third kappa shape index (κ3) is 4.51. The summed E-state index contributed by atoms with van der Waals surface area (Å²) in [6, 6.07) is 2.59. The highest BCUT2D eigenvalue weighted by molar-refractivity contribution is 7.89. The van der Waals surface area contributed by atoms with Gasteiger partial charge in [0.2, 0.25) is 10.0 Å². The molecule has 3 amide bonds. The Morgan fingerprint density at radius 1 is 1.27 bits per heavy atom. The molecular weight excluding hydrogens is 386 g/mol. The van der Waals surface area contributed by atoms with E-state index in [2.05, 4.69) is 0 Å². The average Bonchev–Trinajstić information content (AvgIpc) is 3.09. The SMILES string of the molecule is CC(OC(=O)c1ccc(Cl)c(S(=O)(=O)N2CCCC2)c1)C(=O)NC(N)=O. The van der Waals surface area contributed by atoms with Crippen molar-refractivity contribution < 1.29 is 27.5 Å². The molecule has 1 atom stereocenters. The third-order valence-electron chi connectivity index (χ3n) is 3.75. The zero-order valence-corrected chi connectivity index (χ0v) is 15.5. The Morgan fingerprint density at radius 2 is 1.88 bits per heavy atom. The molecule has 1 aromatic rings. The molecule has 0 radical (unpaired) electrons. The van der Waals surface area contributed by atoms with Crippen LogP contribution in [0.1, 0.15) is 30.1 Å². The molecule has 0 aliphatic carbocycles. The summed E-state index contributed by atoms with van der Waals surface area (Å²) in [6.07, 6.45) is 0.209. The average molecular weight is 404 g/mol. The van der Waals surface area contributed by atoms with Crippen LogP contribution in [-0.2, 0) is 19.6 Å². The fourth-order valence-electron chi connectivity index (χ4n) is 2.40. The molecule has 1 aromatic carbocycles. The van der Waals surface area contributed by atoms with E-state index in [9.17, 15) is 22.8 Å². The molecule has 0 aromatic heterocycles. The Bertz CT molecular complexity index is 836. The first-order chi connectivity index (χ1) is 12.1. The van der Waals surface area contributed by atoms with E-state index in [1.807, 2.05) is 0 Å². The lowest BCUT2D eigenvalue weighted by molar-refractivity contribution is -0.127. The van der Waals surface area contributed by atoms with Gasteiger partial charge in [-0.25, -0.2) is 18.0 Å². The van der Waals surface area contributed by atoms with Crippen molar-refractivity contribution in [1.82, 2.24) is 9.62 Å². The Labute approximate surface area is 155 Å². The Morgan fingerprint density at radius 3 is 2.46 bits per heavy atom. The Balaban J connectivity index is 2.22. The summed E-state index contributed by atoms with van der Waals surface area (Å²) in [5.41, 5.74) is 4.73. The number of esters is 1. The topological polar surface area (TPSA) is 136 Å². The summed E-state index contributed by atoms with van der Waals surface area (Å²) in [5.74, 6) is -1.84. The van der Waals surface area contributed by atoms with Crippen molar-refractivity contribution in [3.05, 3.63) is 28.8 Å². The van der Waals surface area contributed by atoms with Crippen molar-refractivity contribution in [3.8, 4) is 0 Å². The molecule has 3 N–H and O–H groups in total. The van der Waals surface area contributed by atoms with Crippen LogP contribution in [0.15, 0.2) is 23.1 Å². The minimum absolute atomic E-state index is 0.0204. The number of benzene rings is 1. The van der Waals surface area contributed by atoms with Gasteiger partial charge in [0.25, 0.3) is 5.91 Å². The first-order valence-corrected chi connectivity index (χ1v) is 9.55. The molecule has 1 unspecified atom stereocenters. The van der Waals surface area contributed by atoms with Gasteiger partial charge in [-0.3, -0.25) is 10.1 Å². The van der Waals surface area contributed by atoms with Crippen LogP contribution in [0, 0.1) is 0 Å². The molecule has 1 fully saturated rings. The first-order valence-electron chi connectivity index (χ1n) is 7.74. The van der Waals surface area contributed by atoms with Gasteiger partial charge in [0.15, 0.2) is 6.10 Å². The number of nitrogens with zero attached hydrogens (tertiary/aromatic N) is 1. The highest BCUT2D eigenvalue weighted by Gasteiger charge is 2.30. The lowest BCUT2D eigenvalue weighted by atomic mass is 10.2. The molecule has 1 saturated heterocycles. The fourth-order valence-corrected chi connectivity index (χ4v) is 4.42. The van der Waals surface area contributed by atoms with E-state index in [1.54, 1.807) is 5.32 Å². The van der Waals surface area contributed by atoms with Crippen LogP contribution in [0.4, 0.5) is 4.79 Å². The van der Waals surface area contributed by atoms with Crippen LogP contribution in [-0.4, -0.2) is 49.8 Å². The van der Waals surface area contributed by atoms with E-state index in [1.165, 1.54) is 23.4 Å². The second-order valence-corrected chi connectivity index (χ2v) is 7.97. The van der Waals surface area contributed by atoms with Gasteiger partial charge in [-0.15, -0.1) is 0 Å². The molecule has 1 aliphatic rings. The summed E-state index contributed by atoms with van der Waals surface area (Å²) in [4.78, 5) is 34.2. The summed E-state index contributed by atoms with van der Waals surface area (Å²) in [5, 5.41) is 1.76. The van der Waals surface area contributed by atoms with Gasteiger partial charge in [-0.05, 0) is 38.0 Å². The summed E-state index contributed by atoms with van der Waals surface area (Å²) < 4.78 is 31.5. The molecule has 142 valence electrons. The first kappa shape index (κ1) is 20.1. The van der Waals surface area contributed by atoms with E-state index in [0.717, 1.165) is 18.9 Å². The fraction of sp³-hybridized carbons (Fsp3) is 0.400. The monoisotopic (exact) mass is 403 g/mol. The van der Waals surface area contributed by atoms with Gasteiger partial charge in [0.05, 0.1) is 10.6 Å². The normalized spacial score (nSPS) is 16.1. The lowest BCUT2D eigenvalue weighted by Gasteiger charge is -2.17. The summed E-state index contributed by atoms with van der Waals surface area (Å²) in [6.45, 7) is 2.02. The minimum atomic E-state index is -3.83. The number of rotatable bonds is 5. The predicted octanol–water partition coefficient (Wildman–Crippen LogP) is 0.865. The molecule has 0 spiro atoms.